The molecule has 2 aromatic heterocycles. The van der Waals surface area contributed by atoms with Gasteiger partial charge in [-0.15, -0.1) is 0 Å². The first-order chi connectivity index (χ1) is 15.2. The number of fused-ring (bicyclic) bond motifs is 1. The van der Waals surface area contributed by atoms with Crippen LogP contribution < -0.4 is 16.6 Å². The van der Waals surface area contributed by atoms with Crippen molar-refractivity contribution in [1.29, 1.82) is 0 Å². The van der Waals surface area contributed by atoms with Crippen molar-refractivity contribution in [2.75, 3.05) is 5.32 Å². The zero-order chi connectivity index (χ0) is 23.7. The Kier molecular flexibility index (Phi) is 7.00. The molecule has 1 saturated carbocycles. The fourth-order valence-electron chi connectivity index (χ4n) is 3.65. The molecular weight excluding hydrogens is 457 g/mol. The summed E-state index contributed by atoms with van der Waals surface area (Å²) < 4.78 is 4.04. The molecule has 1 aliphatic carbocycles. The van der Waals surface area contributed by atoms with E-state index in [0.29, 0.717) is 34.4 Å². The number of carboxylic acid groups (broad SMARTS) is 1. The number of aliphatic carboxylic acids is 1. The molecule has 32 heavy (non-hydrogen) atoms. The van der Waals surface area contributed by atoms with Crippen LogP contribution in [0.5, 0.6) is 0 Å². The quantitative estimate of drug-likeness (QED) is 0.578. The third-order valence-electron chi connectivity index (χ3n) is 5.51. The largest absolute Gasteiger partial charge is 0.481 e. The summed E-state index contributed by atoms with van der Waals surface area (Å²) in [4.78, 5) is 41.4. The smallest absolute Gasteiger partial charge is 0.332 e. The van der Waals surface area contributed by atoms with Gasteiger partial charge in [0.25, 0.3) is 5.56 Å². The maximum atomic E-state index is 13.1. The SMILES string of the molecule is CC.Cn1c(NC2CC(C(=O)O)C2)nc2c1c(=O)n(Cc1ccc(Cl)c(Cl)c1)c(=O)n2C. The molecule has 0 atom stereocenters. The molecule has 11 heteroatoms. The minimum atomic E-state index is -0.814. The van der Waals surface area contributed by atoms with Gasteiger partial charge < -0.3 is 15.0 Å². The minimum Gasteiger partial charge on any atom is -0.481 e. The molecule has 1 aliphatic rings. The molecule has 172 valence electrons. The van der Waals surface area contributed by atoms with Gasteiger partial charge in [0.1, 0.15) is 0 Å². The van der Waals surface area contributed by atoms with Crippen LogP contribution >= 0.6 is 23.2 Å². The van der Waals surface area contributed by atoms with E-state index in [2.05, 4.69) is 10.3 Å². The molecule has 2 N–H and O–H groups in total. The standard InChI is InChI=1S/C19H19Cl2N5O4.C2H6/c1-24-14-15(23-18(24)22-11-6-10(7-11)17(28)29)25(2)19(30)26(16(14)27)8-9-3-4-12(20)13(21)5-9;1-2/h3-5,10-11H,6-8H2,1-2H3,(H,22,23)(H,28,29);1-2H3. The van der Waals surface area contributed by atoms with Gasteiger partial charge in [0.05, 0.1) is 22.5 Å². The van der Waals surface area contributed by atoms with Crippen molar-refractivity contribution in [2.45, 2.75) is 39.3 Å². The number of nitrogens with zero attached hydrogens (tertiary/aromatic N) is 4. The van der Waals surface area contributed by atoms with Crippen LogP contribution in [-0.2, 0) is 25.4 Å². The Labute approximate surface area is 194 Å². The van der Waals surface area contributed by atoms with Crippen LogP contribution in [0.2, 0.25) is 10.0 Å². The van der Waals surface area contributed by atoms with E-state index < -0.39 is 17.2 Å². The number of aryl methyl sites for hydroxylation is 2. The molecule has 9 nitrogen and oxygen atoms in total. The Morgan fingerprint density at radius 3 is 2.41 bits per heavy atom. The van der Waals surface area contributed by atoms with Crippen molar-refractivity contribution in [1.82, 2.24) is 18.7 Å². The minimum absolute atomic E-state index is 0.0369. The highest BCUT2D eigenvalue weighted by molar-refractivity contribution is 6.42. The zero-order valence-corrected chi connectivity index (χ0v) is 19.7. The Balaban J connectivity index is 0.00000141. The van der Waals surface area contributed by atoms with E-state index in [-0.39, 0.29) is 29.7 Å². The van der Waals surface area contributed by atoms with Crippen LogP contribution in [0.4, 0.5) is 5.95 Å². The van der Waals surface area contributed by atoms with Crippen molar-refractivity contribution >= 4 is 46.3 Å². The van der Waals surface area contributed by atoms with Crippen molar-refractivity contribution in [3.05, 3.63) is 54.6 Å². The molecule has 2 heterocycles. The second kappa shape index (κ2) is 9.38. The number of carboxylic acids is 1. The summed E-state index contributed by atoms with van der Waals surface area (Å²) in [6.07, 6.45) is 0.970. The maximum Gasteiger partial charge on any atom is 0.332 e. The summed E-state index contributed by atoms with van der Waals surface area (Å²) in [7, 11) is 3.23. The number of halogens is 2. The lowest BCUT2D eigenvalue weighted by atomic mass is 9.80. The number of nitrogens with one attached hydrogen (secondary N) is 1. The number of aromatic nitrogens is 4. The number of imidazole rings is 1. The van der Waals surface area contributed by atoms with Gasteiger partial charge in [-0.05, 0) is 30.5 Å². The van der Waals surface area contributed by atoms with Crippen LogP contribution in [0.1, 0.15) is 32.3 Å². The molecule has 0 amide bonds. The van der Waals surface area contributed by atoms with Gasteiger partial charge in [-0.1, -0.05) is 43.1 Å². The predicted octanol–water partition coefficient (Wildman–Crippen LogP) is 3.09. The summed E-state index contributed by atoms with van der Waals surface area (Å²) in [6, 6.07) is 4.89. The third-order valence-corrected chi connectivity index (χ3v) is 6.24. The van der Waals surface area contributed by atoms with E-state index in [0.717, 1.165) is 4.57 Å². The van der Waals surface area contributed by atoms with E-state index in [1.54, 1.807) is 36.9 Å². The van der Waals surface area contributed by atoms with Crippen LogP contribution in [-0.4, -0.2) is 35.8 Å². The molecule has 1 fully saturated rings. The van der Waals surface area contributed by atoms with Crippen molar-refractivity contribution in [2.24, 2.45) is 20.0 Å². The molecule has 0 bridgehead atoms. The van der Waals surface area contributed by atoms with Gasteiger partial charge in [0.15, 0.2) is 11.2 Å². The number of benzene rings is 1. The summed E-state index contributed by atoms with van der Waals surface area (Å²) >= 11 is 12.0. The summed E-state index contributed by atoms with van der Waals surface area (Å²) in [5.74, 6) is -0.770. The Bertz CT molecular complexity index is 1290. The Morgan fingerprint density at radius 1 is 1.16 bits per heavy atom. The molecule has 0 saturated heterocycles. The highest BCUT2D eigenvalue weighted by Crippen LogP contribution is 2.30. The monoisotopic (exact) mass is 481 g/mol. The van der Waals surface area contributed by atoms with E-state index in [9.17, 15) is 14.4 Å². The third kappa shape index (κ3) is 4.27. The molecule has 4 rings (SSSR count). The van der Waals surface area contributed by atoms with E-state index in [1.807, 2.05) is 13.8 Å². The summed E-state index contributed by atoms with van der Waals surface area (Å²) in [5, 5.41) is 12.9. The highest BCUT2D eigenvalue weighted by atomic mass is 35.5. The van der Waals surface area contributed by atoms with Crippen molar-refractivity contribution < 1.29 is 9.90 Å². The van der Waals surface area contributed by atoms with Gasteiger partial charge >= 0.3 is 11.7 Å². The van der Waals surface area contributed by atoms with Gasteiger partial charge in [-0.2, -0.15) is 4.98 Å². The Morgan fingerprint density at radius 2 is 1.81 bits per heavy atom. The van der Waals surface area contributed by atoms with Gasteiger partial charge in [0.2, 0.25) is 5.95 Å². The highest BCUT2D eigenvalue weighted by Gasteiger charge is 2.35. The molecule has 3 aromatic rings. The van der Waals surface area contributed by atoms with Gasteiger partial charge in [0, 0.05) is 20.1 Å². The van der Waals surface area contributed by atoms with Crippen molar-refractivity contribution in [3.63, 3.8) is 0 Å². The number of anilines is 1. The maximum absolute atomic E-state index is 13.1. The first kappa shape index (κ1) is 23.9. The lowest BCUT2D eigenvalue weighted by Crippen LogP contribution is -2.40. The number of rotatable bonds is 5. The second-order valence-corrected chi connectivity index (χ2v) is 8.31. The van der Waals surface area contributed by atoms with E-state index in [4.69, 9.17) is 28.3 Å². The van der Waals surface area contributed by atoms with Crippen LogP contribution in [0, 0.1) is 5.92 Å². The molecule has 0 aliphatic heterocycles. The van der Waals surface area contributed by atoms with Crippen LogP contribution in [0.25, 0.3) is 11.2 Å². The predicted molar refractivity (Wildman–Crippen MR) is 125 cm³/mol. The summed E-state index contributed by atoms with van der Waals surface area (Å²) in [5.41, 5.74) is 0.220. The van der Waals surface area contributed by atoms with Crippen molar-refractivity contribution in [3.8, 4) is 0 Å². The molecule has 0 spiro atoms. The van der Waals surface area contributed by atoms with Gasteiger partial charge in [-0.3, -0.25) is 18.7 Å². The fraction of sp³-hybridized carbons (Fsp3) is 0.429. The van der Waals surface area contributed by atoms with Crippen LogP contribution in [0.3, 0.4) is 0 Å². The number of hydrogen-bond acceptors (Lipinski definition) is 5. The van der Waals surface area contributed by atoms with Gasteiger partial charge in [-0.25, -0.2) is 4.79 Å². The normalized spacial score (nSPS) is 17.4. The van der Waals surface area contributed by atoms with Crippen LogP contribution in [0.15, 0.2) is 27.8 Å². The first-order valence-electron chi connectivity index (χ1n) is 10.3. The average Bonchev–Trinajstić information content (AvgIpc) is 3.06. The zero-order valence-electron chi connectivity index (χ0n) is 18.2. The molecular formula is C21H25Cl2N5O4. The second-order valence-electron chi connectivity index (χ2n) is 7.50. The molecule has 1 aromatic carbocycles. The topological polar surface area (TPSA) is 111 Å². The fourth-order valence-corrected chi connectivity index (χ4v) is 3.97. The number of hydrogen-bond donors (Lipinski definition) is 2. The lowest BCUT2D eigenvalue weighted by Gasteiger charge is -2.33. The van der Waals surface area contributed by atoms with E-state index in [1.165, 1.54) is 4.57 Å². The first-order valence-corrected chi connectivity index (χ1v) is 11.0. The molecule has 0 radical (unpaired) electrons. The lowest BCUT2D eigenvalue weighted by molar-refractivity contribution is -0.144. The number of carbonyl (C=O) groups is 1. The Hall–Kier alpha value is -2.78. The summed E-state index contributed by atoms with van der Waals surface area (Å²) in [6.45, 7) is 4.04. The molecule has 0 unspecified atom stereocenters. The average molecular weight is 482 g/mol. The van der Waals surface area contributed by atoms with E-state index >= 15 is 0 Å².